The molecule has 1 atom stereocenters. The van der Waals surface area contributed by atoms with E-state index in [1.54, 1.807) is 0 Å². The Morgan fingerprint density at radius 3 is 2.62 bits per heavy atom. The third-order valence-electron chi connectivity index (χ3n) is 0.615. The summed E-state index contributed by atoms with van der Waals surface area (Å²) in [4.78, 5) is 9.92. The third kappa shape index (κ3) is 2.87. The van der Waals surface area contributed by atoms with Crippen LogP contribution < -0.4 is 5.73 Å². The summed E-state index contributed by atoms with van der Waals surface area (Å²) in [5.41, 5.74) is 5.07. The van der Waals surface area contributed by atoms with E-state index in [1.165, 1.54) is 11.8 Å². The van der Waals surface area contributed by atoms with Crippen molar-refractivity contribution in [2.75, 3.05) is 5.75 Å². The van der Waals surface area contributed by atoms with Crippen LogP contribution in [0.3, 0.4) is 0 Å². The number of hydrogen-bond acceptors (Lipinski definition) is 3. The van der Waals surface area contributed by atoms with Crippen LogP contribution in [0.15, 0.2) is 0 Å². The van der Waals surface area contributed by atoms with Crippen molar-refractivity contribution in [3.05, 3.63) is 6.26 Å². The first-order chi connectivity index (χ1) is 3.68. The van der Waals surface area contributed by atoms with Crippen LogP contribution in [0, 0.1) is 6.26 Å². The van der Waals surface area contributed by atoms with Crippen LogP contribution in [-0.2, 0) is 4.79 Å². The fourth-order valence-electron chi connectivity index (χ4n) is 0.198. The predicted octanol–water partition coefficient (Wildman–Crippen LogP) is -0.0769. The average Bonchev–Trinajstić information content (AvgIpc) is 1.67. The van der Waals surface area contributed by atoms with Crippen LogP contribution in [0.2, 0.25) is 0 Å². The molecule has 0 heterocycles. The highest BCUT2D eigenvalue weighted by Crippen LogP contribution is 1.95. The Hall–Kier alpha value is -0.220. The van der Waals surface area contributed by atoms with Crippen molar-refractivity contribution in [3.8, 4) is 0 Å². The summed E-state index contributed by atoms with van der Waals surface area (Å²) in [6.07, 6.45) is 3.38. The molecule has 3 N–H and O–H groups in total. The lowest BCUT2D eigenvalue weighted by Gasteiger charge is -2.00. The van der Waals surface area contributed by atoms with Crippen LogP contribution in [0.5, 0.6) is 0 Å². The maximum atomic E-state index is 9.92. The Labute approximate surface area is 52.3 Å². The van der Waals surface area contributed by atoms with Crippen molar-refractivity contribution in [1.82, 2.24) is 0 Å². The number of hydrogen-bond donors (Lipinski definition) is 2. The molecule has 4 heteroatoms. The van der Waals surface area contributed by atoms with Crippen molar-refractivity contribution in [1.29, 1.82) is 0 Å². The van der Waals surface area contributed by atoms with Gasteiger partial charge >= 0.3 is 5.97 Å². The Balaban J connectivity index is 3.32. The van der Waals surface area contributed by atoms with E-state index in [0.717, 1.165) is 0 Å². The minimum atomic E-state index is -0.971. The second-order valence-electron chi connectivity index (χ2n) is 1.32. The molecule has 0 saturated carbocycles. The van der Waals surface area contributed by atoms with Gasteiger partial charge in [0.25, 0.3) is 0 Å². The molecule has 0 saturated heterocycles. The minimum absolute atomic E-state index is 0.370. The Kier molecular flexibility index (Phi) is 3.64. The lowest BCUT2D eigenvalue weighted by molar-refractivity contribution is -0.137. The van der Waals surface area contributed by atoms with Gasteiger partial charge in [-0.1, -0.05) is 0 Å². The van der Waals surface area contributed by atoms with Gasteiger partial charge in [-0.2, -0.15) is 11.8 Å². The molecule has 0 rings (SSSR count). The van der Waals surface area contributed by atoms with Gasteiger partial charge in [-0.15, -0.1) is 0 Å². The fraction of sp³-hybridized carbons (Fsp3) is 0.500. The number of nitrogens with two attached hydrogens (primary N) is 1. The van der Waals surface area contributed by atoms with Gasteiger partial charge in [-0.25, -0.2) is 0 Å². The molecular weight excluding hydrogens is 126 g/mol. The van der Waals surface area contributed by atoms with Crippen LogP contribution in [0.1, 0.15) is 0 Å². The molecule has 0 fully saturated rings. The monoisotopic (exact) mass is 134 g/mol. The Bertz CT molecular complexity index is 86.1. The SMILES string of the molecule is [CH2]SCC(N)C(=O)O. The van der Waals surface area contributed by atoms with Crippen molar-refractivity contribution >= 4 is 17.7 Å². The Morgan fingerprint density at radius 2 is 2.50 bits per heavy atom. The highest BCUT2D eigenvalue weighted by molar-refractivity contribution is 8.00. The molecule has 0 aliphatic carbocycles. The predicted molar refractivity (Wildman–Crippen MR) is 33.4 cm³/mol. The van der Waals surface area contributed by atoms with Crippen LogP contribution in [0.25, 0.3) is 0 Å². The first-order valence-corrected chi connectivity index (χ1v) is 3.19. The lowest BCUT2D eigenvalue weighted by atomic mass is 10.4. The molecule has 47 valence electrons. The normalized spacial score (nSPS) is 13.2. The highest BCUT2D eigenvalue weighted by Gasteiger charge is 2.08. The molecule has 0 aliphatic heterocycles. The lowest BCUT2D eigenvalue weighted by Crippen LogP contribution is -2.32. The molecule has 0 spiro atoms. The first-order valence-electron chi connectivity index (χ1n) is 2.04. The average molecular weight is 134 g/mol. The van der Waals surface area contributed by atoms with Crippen molar-refractivity contribution < 1.29 is 9.90 Å². The summed E-state index contributed by atoms with van der Waals surface area (Å²) >= 11 is 1.18. The quantitative estimate of drug-likeness (QED) is 0.567. The molecular formula is C4H8NO2S. The second kappa shape index (κ2) is 3.74. The molecule has 0 aromatic rings. The third-order valence-corrected chi connectivity index (χ3v) is 1.21. The van der Waals surface area contributed by atoms with E-state index in [2.05, 4.69) is 6.26 Å². The summed E-state index contributed by atoms with van der Waals surface area (Å²) < 4.78 is 0. The van der Waals surface area contributed by atoms with Crippen molar-refractivity contribution in [2.24, 2.45) is 5.73 Å². The smallest absolute Gasteiger partial charge is 0.321 e. The fourth-order valence-corrected chi connectivity index (χ4v) is 0.595. The van der Waals surface area contributed by atoms with Gasteiger partial charge in [-0.05, 0) is 0 Å². The Morgan fingerprint density at radius 1 is 2.00 bits per heavy atom. The topological polar surface area (TPSA) is 63.3 Å². The van der Waals surface area contributed by atoms with Gasteiger partial charge in [0.1, 0.15) is 6.04 Å². The van der Waals surface area contributed by atoms with E-state index in [4.69, 9.17) is 10.8 Å². The van der Waals surface area contributed by atoms with E-state index in [9.17, 15) is 4.79 Å². The molecule has 0 bridgehead atoms. The number of aliphatic carboxylic acids is 1. The summed E-state index contributed by atoms with van der Waals surface area (Å²) in [6, 6.07) is -0.766. The molecule has 3 nitrogen and oxygen atoms in total. The zero-order valence-corrected chi connectivity index (χ0v) is 5.15. The maximum Gasteiger partial charge on any atom is 0.321 e. The zero-order chi connectivity index (χ0) is 6.57. The van der Waals surface area contributed by atoms with E-state index < -0.39 is 12.0 Å². The molecule has 0 aromatic heterocycles. The summed E-state index contributed by atoms with van der Waals surface area (Å²) in [5.74, 6) is -0.601. The van der Waals surface area contributed by atoms with Crippen LogP contribution >= 0.6 is 11.8 Å². The van der Waals surface area contributed by atoms with E-state index in [1.807, 2.05) is 0 Å². The highest BCUT2D eigenvalue weighted by atomic mass is 32.2. The van der Waals surface area contributed by atoms with E-state index in [-0.39, 0.29) is 0 Å². The van der Waals surface area contributed by atoms with Gasteiger partial charge in [0.2, 0.25) is 0 Å². The second-order valence-corrected chi connectivity index (χ2v) is 2.06. The first kappa shape index (κ1) is 7.78. The number of carboxylic acid groups (broad SMARTS) is 1. The van der Waals surface area contributed by atoms with Crippen LogP contribution in [0.4, 0.5) is 0 Å². The number of thioether (sulfide) groups is 1. The summed E-state index contributed by atoms with van der Waals surface area (Å²) in [7, 11) is 0. The number of carboxylic acids is 1. The maximum absolute atomic E-state index is 9.92. The molecule has 0 amide bonds. The largest absolute Gasteiger partial charge is 0.480 e. The van der Waals surface area contributed by atoms with Crippen molar-refractivity contribution in [3.63, 3.8) is 0 Å². The number of carbonyl (C=O) groups is 1. The summed E-state index contributed by atoms with van der Waals surface area (Å²) in [6.45, 7) is 0. The molecule has 1 radical (unpaired) electrons. The molecule has 0 aromatic carbocycles. The van der Waals surface area contributed by atoms with Gasteiger partial charge in [-0.3, -0.25) is 4.79 Å². The minimum Gasteiger partial charge on any atom is -0.480 e. The summed E-state index contributed by atoms with van der Waals surface area (Å²) in [5, 5.41) is 8.15. The molecule has 0 aliphatic rings. The zero-order valence-electron chi connectivity index (χ0n) is 4.33. The molecule has 1 unspecified atom stereocenters. The van der Waals surface area contributed by atoms with E-state index >= 15 is 0 Å². The van der Waals surface area contributed by atoms with E-state index in [0.29, 0.717) is 5.75 Å². The van der Waals surface area contributed by atoms with Gasteiger partial charge in [0.05, 0.1) is 0 Å². The van der Waals surface area contributed by atoms with Gasteiger partial charge < -0.3 is 10.8 Å². The number of rotatable bonds is 3. The standard InChI is InChI=1S/C4H8NO2S/c1-8-2-3(5)4(6)7/h3H,1-2,5H2,(H,6,7). The van der Waals surface area contributed by atoms with Gasteiger partial charge in [0.15, 0.2) is 0 Å². The van der Waals surface area contributed by atoms with Crippen molar-refractivity contribution in [2.45, 2.75) is 6.04 Å². The van der Waals surface area contributed by atoms with Crippen LogP contribution in [-0.4, -0.2) is 22.9 Å². The van der Waals surface area contributed by atoms with Gasteiger partial charge in [0, 0.05) is 12.0 Å². The molecule has 8 heavy (non-hydrogen) atoms.